The fourth-order valence-electron chi connectivity index (χ4n) is 1.54. The van der Waals surface area contributed by atoms with E-state index in [-0.39, 0.29) is 5.91 Å². The van der Waals surface area contributed by atoms with Gasteiger partial charge in [0.05, 0.1) is 18.1 Å². The SMILES string of the molecule is CCc1cc(C(=O)Nc2cncnc2)cc(NN)n1. The number of anilines is 2. The number of nitrogens with one attached hydrogen (secondary N) is 2. The van der Waals surface area contributed by atoms with E-state index in [1.54, 1.807) is 12.1 Å². The molecule has 7 heteroatoms. The van der Waals surface area contributed by atoms with Gasteiger partial charge < -0.3 is 10.7 Å². The van der Waals surface area contributed by atoms with E-state index in [0.29, 0.717) is 23.5 Å². The summed E-state index contributed by atoms with van der Waals surface area (Å²) < 4.78 is 0. The maximum absolute atomic E-state index is 12.1. The first-order valence-corrected chi connectivity index (χ1v) is 5.77. The third-order valence-electron chi connectivity index (χ3n) is 2.47. The molecule has 2 heterocycles. The summed E-state index contributed by atoms with van der Waals surface area (Å²) in [6.07, 6.45) is 5.15. The Hall–Kier alpha value is -2.54. The Morgan fingerprint density at radius 3 is 2.68 bits per heavy atom. The molecule has 0 saturated carbocycles. The average molecular weight is 258 g/mol. The first kappa shape index (κ1) is 12.9. The Balaban J connectivity index is 2.23. The number of nitrogens with two attached hydrogens (primary N) is 1. The number of nitrogen functional groups attached to an aromatic ring is 1. The Bertz CT molecular complexity index is 549. The van der Waals surface area contributed by atoms with E-state index in [2.05, 4.69) is 25.7 Å². The Labute approximate surface area is 110 Å². The molecule has 2 aromatic heterocycles. The van der Waals surface area contributed by atoms with Crippen molar-refractivity contribution in [3.63, 3.8) is 0 Å². The lowest BCUT2D eigenvalue weighted by molar-refractivity contribution is 0.102. The van der Waals surface area contributed by atoms with Gasteiger partial charge in [-0.25, -0.2) is 20.8 Å². The van der Waals surface area contributed by atoms with Gasteiger partial charge in [-0.3, -0.25) is 4.79 Å². The first-order chi connectivity index (χ1) is 9.22. The zero-order valence-electron chi connectivity index (χ0n) is 10.4. The number of hydrazine groups is 1. The van der Waals surface area contributed by atoms with Crippen LogP contribution >= 0.6 is 0 Å². The van der Waals surface area contributed by atoms with Gasteiger partial charge in [0, 0.05) is 11.3 Å². The van der Waals surface area contributed by atoms with Crippen molar-refractivity contribution in [3.8, 4) is 0 Å². The summed E-state index contributed by atoms with van der Waals surface area (Å²) >= 11 is 0. The fourth-order valence-corrected chi connectivity index (χ4v) is 1.54. The predicted molar refractivity (Wildman–Crippen MR) is 71.4 cm³/mol. The number of hydrogen-bond acceptors (Lipinski definition) is 6. The van der Waals surface area contributed by atoms with Crippen LogP contribution in [0.1, 0.15) is 23.0 Å². The third kappa shape index (κ3) is 3.23. The van der Waals surface area contributed by atoms with Crippen molar-refractivity contribution in [2.75, 3.05) is 10.7 Å². The lowest BCUT2D eigenvalue weighted by Gasteiger charge is -2.08. The molecule has 0 aliphatic heterocycles. The first-order valence-electron chi connectivity index (χ1n) is 5.77. The summed E-state index contributed by atoms with van der Waals surface area (Å²) in [6.45, 7) is 1.95. The zero-order valence-corrected chi connectivity index (χ0v) is 10.4. The van der Waals surface area contributed by atoms with E-state index < -0.39 is 0 Å². The topological polar surface area (TPSA) is 106 Å². The van der Waals surface area contributed by atoms with Crippen molar-refractivity contribution in [3.05, 3.63) is 42.1 Å². The Kier molecular flexibility index (Phi) is 3.99. The standard InChI is InChI=1S/C12H14N6O/c1-2-9-3-8(4-11(16-9)18-13)12(19)17-10-5-14-7-15-6-10/h3-7H,2,13H2,1H3,(H,16,18)(H,17,19). The molecule has 2 rings (SSSR count). The van der Waals surface area contributed by atoms with Gasteiger partial charge in [0.1, 0.15) is 12.1 Å². The Morgan fingerprint density at radius 1 is 1.32 bits per heavy atom. The van der Waals surface area contributed by atoms with Crippen molar-refractivity contribution in [1.29, 1.82) is 0 Å². The van der Waals surface area contributed by atoms with Crippen LogP contribution in [0.3, 0.4) is 0 Å². The molecule has 19 heavy (non-hydrogen) atoms. The molecule has 0 radical (unpaired) electrons. The minimum absolute atomic E-state index is 0.261. The van der Waals surface area contributed by atoms with Gasteiger partial charge in [0.25, 0.3) is 5.91 Å². The second-order valence-corrected chi connectivity index (χ2v) is 3.81. The van der Waals surface area contributed by atoms with Crippen LogP contribution in [0.5, 0.6) is 0 Å². The van der Waals surface area contributed by atoms with E-state index in [0.717, 1.165) is 5.69 Å². The quantitative estimate of drug-likeness (QED) is 0.557. The van der Waals surface area contributed by atoms with E-state index >= 15 is 0 Å². The smallest absolute Gasteiger partial charge is 0.255 e. The van der Waals surface area contributed by atoms with Crippen LogP contribution in [-0.4, -0.2) is 20.9 Å². The molecule has 0 aromatic carbocycles. The summed E-state index contributed by atoms with van der Waals surface area (Å²) in [5, 5.41) is 2.70. The van der Waals surface area contributed by atoms with Crippen LogP contribution in [0, 0.1) is 0 Å². The number of aryl methyl sites for hydroxylation is 1. The summed E-state index contributed by atoms with van der Waals surface area (Å²) in [4.78, 5) is 24.0. The van der Waals surface area contributed by atoms with Gasteiger partial charge >= 0.3 is 0 Å². The molecule has 0 fully saturated rings. The van der Waals surface area contributed by atoms with Crippen LogP contribution in [0.2, 0.25) is 0 Å². The van der Waals surface area contributed by atoms with Gasteiger partial charge in [-0.05, 0) is 18.6 Å². The highest BCUT2D eigenvalue weighted by Gasteiger charge is 2.09. The highest BCUT2D eigenvalue weighted by Crippen LogP contribution is 2.12. The van der Waals surface area contributed by atoms with Gasteiger partial charge in [-0.2, -0.15) is 0 Å². The second kappa shape index (κ2) is 5.87. The molecule has 0 saturated heterocycles. The number of carbonyl (C=O) groups excluding carboxylic acids is 1. The molecule has 2 aromatic rings. The zero-order chi connectivity index (χ0) is 13.7. The van der Waals surface area contributed by atoms with E-state index in [1.165, 1.54) is 18.7 Å². The second-order valence-electron chi connectivity index (χ2n) is 3.81. The lowest BCUT2D eigenvalue weighted by Crippen LogP contribution is -2.15. The summed E-state index contributed by atoms with van der Waals surface area (Å²) in [7, 11) is 0. The number of carbonyl (C=O) groups is 1. The summed E-state index contributed by atoms with van der Waals surface area (Å²) in [6, 6.07) is 3.30. The van der Waals surface area contributed by atoms with Crippen LogP contribution < -0.4 is 16.6 Å². The third-order valence-corrected chi connectivity index (χ3v) is 2.47. The molecule has 0 aliphatic carbocycles. The molecular formula is C12H14N6O. The molecule has 0 atom stereocenters. The van der Waals surface area contributed by atoms with Gasteiger partial charge in [-0.1, -0.05) is 6.92 Å². The van der Waals surface area contributed by atoms with Gasteiger partial charge in [0.15, 0.2) is 0 Å². The summed E-state index contributed by atoms with van der Waals surface area (Å²) in [5.41, 5.74) is 4.23. The van der Waals surface area contributed by atoms with Crippen molar-refractivity contribution < 1.29 is 4.79 Å². The predicted octanol–water partition coefficient (Wildman–Crippen LogP) is 0.972. The minimum Gasteiger partial charge on any atom is -0.319 e. The number of rotatable bonds is 4. The maximum Gasteiger partial charge on any atom is 0.255 e. The molecule has 0 aliphatic rings. The van der Waals surface area contributed by atoms with Crippen molar-refractivity contribution in [1.82, 2.24) is 15.0 Å². The molecular weight excluding hydrogens is 244 g/mol. The molecule has 0 bridgehead atoms. The molecule has 0 spiro atoms. The minimum atomic E-state index is -0.261. The largest absolute Gasteiger partial charge is 0.319 e. The van der Waals surface area contributed by atoms with Gasteiger partial charge in [-0.15, -0.1) is 0 Å². The lowest BCUT2D eigenvalue weighted by atomic mass is 10.2. The fraction of sp³-hybridized carbons (Fsp3) is 0.167. The monoisotopic (exact) mass is 258 g/mol. The number of hydrogen-bond donors (Lipinski definition) is 3. The van der Waals surface area contributed by atoms with Crippen molar-refractivity contribution in [2.45, 2.75) is 13.3 Å². The molecule has 1 amide bonds. The van der Waals surface area contributed by atoms with E-state index in [9.17, 15) is 4.79 Å². The maximum atomic E-state index is 12.1. The van der Waals surface area contributed by atoms with Crippen LogP contribution in [-0.2, 0) is 6.42 Å². The molecule has 0 unspecified atom stereocenters. The number of amides is 1. The van der Waals surface area contributed by atoms with Crippen LogP contribution in [0.25, 0.3) is 0 Å². The van der Waals surface area contributed by atoms with Crippen molar-refractivity contribution in [2.24, 2.45) is 5.84 Å². The average Bonchev–Trinajstić information content (AvgIpc) is 2.47. The van der Waals surface area contributed by atoms with Gasteiger partial charge in [0.2, 0.25) is 0 Å². The highest BCUT2D eigenvalue weighted by atomic mass is 16.1. The van der Waals surface area contributed by atoms with Crippen molar-refractivity contribution >= 4 is 17.4 Å². The highest BCUT2D eigenvalue weighted by molar-refractivity contribution is 6.04. The van der Waals surface area contributed by atoms with Crippen LogP contribution in [0.15, 0.2) is 30.9 Å². The summed E-state index contributed by atoms with van der Waals surface area (Å²) in [5.74, 6) is 5.52. The molecule has 7 nitrogen and oxygen atoms in total. The van der Waals surface area contributed by atoms with Crippen LogP contribution in [0.4, 0.5) is 11.5 Å². The number of aromatic nitrogens is 3. The number of nitrogens with zero attached hydrogens (tertiary/aromatic N) is 3. The normalized spacial score (nSPS) is 10.0. The van der Waals surface area contributed by atoms with E-state index in [1.807, 2.05) is 6.92 Å². The Morgan fingerprint density at radius 2 is 2.05 bits per heavy atom. The molecule has 4 N–H and O–H groups in total. The van der Waals surface area contributed by atoms with E-state index in [4.69, 9.17) is 5.84 Å². The molecule has 98 valence electrons. The number of pyridine rings is 1.